The molecule has 2 aromatic heterocycles. The van der Waals surface area contributed by atoms with Crippen LogP contribution in [0.15, 0.2) is 27.8 Å². The average Bonchev–Trinajstić information content (AvgIpc) is 3.37. The van der Waals surface area contributed by atoms with Crippen molar-refractivity contribution in [1.82, 2.24) is 19.6 Å². The Morgan fingerprint density at radius 1 is 1.15 bits per heavy atom. The summed E-state index contributed by atoms with van der Waals surface area (Å²) in [5, 5.41) is 4.23. The van der Waals surface area contributed by atoms with Crippen molar-refractivity contribution in [2.24, 2.45) is 5.92 Å². The van der Waals surface area contributed by atoms with Crippen molar-refractivity contribution in [2.45, 2.75) is 70.9 Å². The van der Waals surface area contributed by atoms with Crippen molar-refractivity contribution >= 4 is 0 Å². The summed E-state index contributed by atoms with van der Waals surface area (Å²) in [6.07, 6.45) is 6.40. The summed E-state index contributed by atoms with van der Waals surface area (Å²) in [7, 11) is 0. The third kappa shape index (κ3) is 4.49. The largest absolute Gasteiger partial charge is 0.361 e. The van der Waals surface area contributed by atoms with E-state index in [-0.39, 0.29) is 11.0 Å². The summed E-state index contributed by atoms with van der Waals surface area (Å²) in [5.74, 6) is 2.21. The second-order valence-electron chi connectivity index (χ2n) is 9.23. The second kappa shape index (κ2) is 7.23. The van der Waals surface area contributed by atoms with Gasteiger partial charge in [-0.1, -0.05) is 25.9 Å². The number of hydrogen-bond acceptors (Lipinski definition) is 5. The summed E-state index contributed by atoms with van der Waals surface area (Å²) in [6, 6.07) is 3.82. The van der Waals surface area contributed by atoms with Gasteiger partial charge in [0.2, 0.25) is 0 Å². The van der Waals surface area contributed by atoms with E-state index in [1.165, 1.54) is 12.8 Å². The Labute approximate surface area is 160 Å². The molecule has 1 aliphatic heterocycles. The third-order valence-corrected chi connectivity index (χ3v) is 5.75. The molecule has 2 aliphatic rings. The van der Waals surface area contributed by atoms with Crippen LogP contribution in [-0.4, -0.2) is 32.7 Å². The first-order valence-corrected chi connectivity index (χ1v) is 10.1. The van der Waals surface area contributed by atoms with Crippen molar-refractivity contribution in [3.05, 3.63) is 46.0 Å². The van der Waals surface area contributed by atoms with Gasteiger partial charge < -0.3 is 4.52 Å². The molecule has 0 atom stereocenters. The van der Waals surface area contributed by atoms with E-state index < -0.39 is 0 Å². The number of aromatic nitrogens is 3. The van der Waals surface area contributed by atoms with E-state index in [1.54, 1.807) is 17.0 Å². The topological polar surface area (TPSA) is 64.2 Å². The Kier molecular flexibility index (Phi) is 4.93. The summed E-state index contributed by atoms with van der Waals surface area (Å²) in [4.78, 5) is 19.4. The normalized spacial score (nSPS) is 19.5. The Morgan fingerprint density at radius 2 is 1.89 bits per heavy atom. The van der Waals surface area contributed by atoms with Crippen LogP contribution in [0.5, 0.6) is 0 Å². The minimum Gasteiger partial charge on any atom is -0.361 e. The van der Waals surface area contributed by atoms with Gasteiger partial charge in [0.1, 0.15) is 5.76 Å². The number of rotatable bonds is 5. The molecule has 27 heavy (non-hydrogen) atoms. The van der Waals surface area contributed by atoms with Crippen LogP contribution in [0.1, 0.15) is 69.5 Å². The van der Waals surface area contributed by atoms with Crippen molar-refractivity contribution in [1.29, 1.82) is 0 Å². The van der Waals surface area contributed by atoms with Crippen molar-refractivity contribution in [2.75, 3.05) is 13.1 Å². The maximum atomic E-state index is 12.4. The van der Waals surface area contributed by atoms with E-state index >= 15 is 0 Å². The van der Waals surface area contributed by atoms with E-state index in [1.807, 2.05) is 0 Å². The SMILES string of the molecule is CC(C)(C)c1cc(=O)n(CC2CCN(Cc3cc(C4CC4)on3)CC2)cn1. The van der Waals surface area contributed by atoms with Gasteiger partial charge in [-0.15, -0.1) is 0 Å². The Balaban J connectivity index is 1.29. The molecule has 0 radical (unpaired) electrons. The van der Waals surface area contributed by atoms with Crippen LogP contribution in [-0.2, 0) is 18.5 Å². The monoisotopic (exact) mass is 370 g/mol. The smallest absolute Gasteiger partial charge is 0.253 e. The Hall–Kier alpha value is -1.95. The molecule has 2 aromatic rings. The molecular weight excluding hydrogens is 340 g/mol. The molecule has 6 nitrogen and oxygen atoms in total. The van der Waals surface area contributed by atoms with Gasteiger partial charge in [-0.05, 0) is 44.7 Å². The first kappa shape index (κ1) is 18.4. The van der Waals surface area contributed by atoms with Crippen molar-refractivity contribution in [3.63, 3.8) is 0 Å². The lowest BCUT2D eigenvalue weighted by molar-refractivity contribution is 0.162. The summed E-state index contributed by atoms with van der Waals surface area (Å²) < 4.78 is 7.23. The standard InChI is InChI=1S/C21H30N4O2/c1-21(2,3)19-11-20(26)25(14-22-19)12-15-6-8-24(9-7-15)13-17-10-18(27-23-17)16-4-5-16/h10-11,14-16H,4-9,12-13H2,1-3H3. The van der Waals surface area contributed by atoms with Gasteiger partial charge in [-0.25, -0.2) is 4.98 Å². The van der Waals surface area contributed by atoms with Crippen LogP contribution in [0.3, 0.4) is 0 Å². The molecule has 1 aliphatic carbocycles. The molecular formula is C21H30N4O2. The van der Waals surface area contributed by atoms with Gasteiger partial charge in [-0.2, -0.15) is 0 Å². The zero-order chi connectivity index (χ0) is 19.0. The first-order valence-electron chi connectivity index (χ1n) is 10.1. The molecule has 0 aromatic carbocycles. The summed E-state index contributed by atoms with van der Waals surface area (Å²) >= 11 is 0. The molecule has 0 spiro atoms. The van der Waals surface area contributed by atoms with Crippen LogP contribution in [0.25, 0.3) is 0 Å². The van der Waals surface area contributed by atoms with E-state index in [2.05, 4.69) is 41.9 Å². The third-order valence-electron chi connectivity index (χ3n) is 5.75. The predicted molar refractivity (Wildman–Crippen MR) is 104 cm³/mol. The fraction of sp³-hybridized carbons (Fsp3) is 0.667. The quantitative estimate of drug-likeness (QED) is 0.808. The Morgan fingerprint density at radius 3 is 2.52 bits per heavy atom. The minimum absolute atomic E-state index is 0.0626. The lowest BCUT2D eigenvalue weighted by Gasteiger charge is -2.31. The molecule has 3 heterocycles. The van der Waals surface area contributed by atoms with Gasteiger partial charge in [-0.3, -0.25) is 14.3 Å². The summed E-state index contributed by atoms with van der Waals surface area (Å²) in [5.41, 5.74) is 1.88. The van der Waals surface area contributed by atoms with Gasteiger partial charge in [0.25, 0.3) is 5.56 Å². The minimum atomic E-state index is -0.0932. The van der Waals surface area contributed by atoms with E-state index in [0.29, 0.717) is 11.8 Å². The molecule has 0 N–H and O–H groups in total. The summed E-state index contributed by atoms with van der Waals surface area (Å²) in [6.45, 7) is 9.95. The Bertz CT molecular complexity index is 836. The van der Waals surface area contributed by atoms with Crippen LogP contribution < -0.4 is 5.56 Å². The maximum Gasteiger partial charge on any atom is 0.253 e. The number of nitrogens with zero attached hydrogens (tertiary/aromatic N) is 4. The molecule has 2 fully saturated rings. The molecule has 6 heteroatoms. The van der Waals surface area contributed by atoms with Crippen LogP contribution in [0.4, 0.5) is 0 Å². The van der Waals surface area contributed by atoms with Crippen LogP contribution >= 0.6 is 0 Å². The zero-order valence-electron chi connectivity index (χ0n) is 16.6. The predicted octanol–water partition coefficient (Wildman–Crippen LogP) is 3.32. The van der Waals surface area contributed by atoms with Gasteiger partial charge >= 0.3 is 0 Å². The van der Waals surface area contributed by atoms with Crippen LogP contribution in [0.2, 0.25) is 0 Å². The van der Waals surface area contributed by atoms with Crippen LogP contribution in [0, 0.1) is 5.92 Å². The van der Waals surface area contributed by atoms with E-state index in [4.69, 9.17) is 4.52 Å². The zero-order valence-corrected chi connectivity index (χ0v) is 16.6. The fourth-order valence-electron chi connectivity index (χ4n) is 3.77. The van der Waals surface area contributed by atoms with Gasteiger partial charge in [0.15, 0.2) is 0 Å². The lowest BCUT2D eigenvalue weighted by atomic mass is 9.92. The van der Waals surface area contributed by atoms with Crippen molar-refractivity contribution < 1.29 is 4.52 Å². The molecule has 1 saturated carbocycles. The van der Waals surface area contributed by atoms with E-state index in [9.17, 15) is 4.79 Å². The maximum absolute atomic E-state index is 12.4. The molecule has 146 valence electrons. The highest BCUT2D eigenvalue weighted by atomic mass is 16.5. The second-order valence-corrected chi connectivity index (χ2v) is 9.23. The van der Waals surface area contributed by atoms with Crippen molar-refractivity contribution in [3.8, 4) is 0 Å². The first-order chi connectivity index (χ1) is 12.9. The molecule has 4 rings (SSSR count). The van der Waals surface area contributed by atoms with E-state index in [0.717, 1.165) is 56.2 Å². The molecule has 0 unspecified atom stereocenters. The lowest BCUT2D eigenvalue weighted by Crippen LogP contribution is -2.36. The molecule has 1 saturated heterocycles. The highest BCUT2D eigenvalue weighted by molar-refractivity contribution is 5.14. The fourth-order valence-corrected chi connectivity index (χ4v) is 3.77. The van der Waals surface area contributed by atoms with Gasteiger partial charge in [0, 0.05) is 36.6 Å². The van der Waals surface area contributed by atoms with Gasteiger partial charge in [0.05, 0.1) is 17.7 Å². The number of hydrogen-bond donors (Lipinski definition) is 0. The number of likely N-dealkylation sites (tertiary alicyclic amines) is 1. The average molecular weight is 370 g/mol. The highest BCUT2D eigenvalue weighted by Crippen LogP contribution is 2.40. The highest BCUT2D eigenvalue weighted by Gasteiger charge is 2.28. The molecule has 0 bridgehead atoms. The molecule has 0 amide bonds. The number of piperidine rings is 1.